The molecule has 0 aliphatic carbocycles. The second-order valence-corrected chi connectivity index (χ2v) is 13.0. The second kappa shape index (κ2) is 11.5. The molecule has 2 heterocycles. The van der Waals surface area contributed by atoms with E-state index in [1.54, 1.807) is 0 Å². The highest BCUT2D eigenvalue weighted by molar-refractivity contribution is 6.14. The minimum atomic E-state index is 0.961. The molecule has 10 aromatic rings. The van der Waals surface area contributed by atoms with Gasteiger partial charge in [-0.25, -0.2) is 9.97 Å². The zero-order chi connectivity index (χ0) is 33.0. The quantitative estimate of drug-likeness (QED) is 0.180. The average molecular weight is 635 g/mol. The first-order chi connectivity index (χ1) is 24.7. The van der Waals surface area contributed by atoms with E-state index in [0.717, 1.165) is 55.4 Å². The van der Waals surface area contributed by atoms with Crippen LogP contribution in [0.3, 0.4) is 0 Å². The predicted octanol–water partition coefficient (Wildman–Crippen LogP) is 12.9. The van der Waals surface area contributed by atoms with Crippen LogP contribution in [0.25, 0.3) is 98.9 Å². The number of nitrogens with zero attached hydrogens (tertiary/aromatic N) is 2. The number of hydrogen-bond acceptors (Lipinski definition) is 2. The number of para-hydroxylation sites is 1. The molecule has 0 aliphatic heterocycles. The van der Waals surface area contributed by atoms with Crippen molar-refractivity contribution in [2.24, 2.45) is 0 Å². The van der Waals surface area contributed by atoms with Crippen molar-refractivity contribution in [1.29, 1.82) is 0 Å². The molecule has 0 atom stereocenters. The van der Waals surface area contributed by atoms with Gasteiger partial charge in [0.2, 0.25) is 0 Å². The highest BCUT2D eigenvalue weighted by Crippen LogP contribution is 2.39. The third-order valence-corrected chi connectivity index (χ3v) is 10.0. The van der Waals surface area contributed by atoms with Gasteiger partial charge in [-0.15, -0.1) is 0 Å². The van der Waals surface area contributed by atoms with Gasteiger partial charge in [-0.2, -0.15) is 0 Å². The Balaban J connectivity index is 1.17. The summed E-state index contributed by atoms with van der Waals surface area (Å²) in [6.45, 7) is 0. The zero-order valence-corrected chi connectivity index (χ0v) is 27.2. The van der Waals surface area contributed by atoms with E-state index >= 15 is 0 Å². The molecule has 2 heteroatoms. The zero-order valence-electron chi connectivity index (χ0n) is 27.2. The lowest BCUT2D eigenvalue weighted by Crippen LogP contribution is -1.92. The molecule has 0 N–H and O–H groups in total. The van der Waals surface area contributed by atoms with Gasteiger partial charge >= 0.3 is 0 Å². The molecule has 0 amide bonds. The molecule has 50 heavy (non-hydrogen) atoms. The third kappa shape index (κ3) is 4.81. The molecule has 0 unspecified atom stereocenters. The SMILES string of the molecule is c1ccc2cc(-c3cc(-c4ccc(-c5ccc6ccccc6n5)cc4)c4cc(-c5cc6ccccc6c6ccccc56)ccc4n3)ccc2c1. The topological polar surface area (TPSA) is 25.8 Å². The first-order valence-corrected chi connectivity index (χ1v) is 17.1. The van der Waals surface area contributed by atoms with E-state index in [2.05, 4.69) is 176 Å². The molecule has 0 bridgehead atoms. The van der Waals surface area contributed by atoms with Crippen molar-refractivity contribution in [1.82, 2.24) is 9.97 Å². The van der Waals surface area contributed by atoms with Crippen molar-refractivity contribution in [3.63, 3.8) is 0 Å². The van der Waals surface area contributed by atoms with Gasteiger partial charge in [0, 0.05) is 21.9 Å². The van der Waals surface area contributed by atoms with Crippen molar-refractivity contribution < 1.29 is 0 Å². The van der Waals surface area contributed by atoms with Gasteiger partial charge in [0.1, 0.15) is 0 Å². The van der Waals surface area contributed by atoms with Crippen LogP contribution in [0.5, 0.6) is 0 Å². The summed E-state index contributed by atoms with van der Waals surface area (Å²) in [5, 5.41) is 9.73. The van der Waals surface area contributed by atoms with Crippen LogP contribution in [0.2, 0.25) is 0 Å². The van der Waals surface area contributed by atoms with E-state index in [1.807, 2.05) is 6.07 Å². The molecule has 232 valence electrons. The van der Waals surface area contributed by atoms with Crippen LogP contribution in [-0.2, 0) is 0 Å². The molecule has 0 spiro atoms. The summed E-state index contributed by atoms with van der Waals surface area (Å²) in [4.78, 5) is 10.2. The Morgan fingerprint density at radius 1 is 0.260 bits per heavy atom. The summed E-state index contributed by atoms with van der Waals surface area (Å²) in [6, 6.07) is 65.2. The Kier molecular flexibility index (Phi) is 6.53. The second-order valence-electron chi connectivity index (χ2n) is 13.0. The monoisotopic (exact) mass is 634 g/mol. The fourth-order valence-corrected chi connectivity index (χ4v) is 7.47. The van der Waals surface area contributed by atoms with Crippen LogP contribution < -0.4 is 0 Å². The maximum absolute atomic E-state index is 5.27. The summed E-state index contributed by atoms with van der Waals surface area (Å²) in [6.07, 6.45) is 0. The van der Waals surface area contributed by atoms with E-state index in [0.29, 0.717) is 0 Å². The van der Waals surface area contributed by atoms with Crippen molar-refractivity contribution >= 4 is 54.1 Å². The van der Waals surface area contributed by atoms with Crippen LogP contribution in [-0.4, -0.2) is 9.97 Å². The molecule has 2 nitrogen and oxygen atoms in total. The van der Waals surface area contributed by atoms with E-state index in [4.69, 9.17) is 9.97 Å². The highest BCUT2D eigenvalue weighted by Gasteiger charge is 2.15. The Labute approximate surface area is 290 Å². The maximum atomic E-state index is 5.27. The molecule has 0 radical (unpaired) electrons. The lowest BCUT2D eigenvalue weighted by atomic mass is 9.91. The molecular formula is C48H30N2. The minimum Gasteiger partial charge on any atom is -0.248 e. The van der Waals surface area contributed by atoms with E-state index in [-0.39, 0.29) is 0 Å². The first-order valence-electron chi connectivity index (χ1n) is 17.1. The van der Waals surface area contributed by atoms with Crippen molar-refractivity contribution in [2.45, 2.75) is 0 Å². The van der Waals surface area contributed by atoms with Crippen LogP contribution in [0.1, 0.15) is 0 Å². The molecule has 8 aromatic carbocycles. The van der Waals surface area contributed by atoms with Gasteiger partial charge in [-0.3, -0.25) is 0 Å². The lowest BCUT2D eigenvalue weighted by Gasteiger charge is -2.15. The summed E-state index contributed by atoms with van der Waals surface area (Å²) in [7, 11) is 0. The Morgan fingerprint density at radius 2 is 0.860 bits per heavy atom. The van der Waals surface area contributed by atoms with Crippen LogP contribution >= 0.6 is 0 Å². The van der Waals surface area contributed by atoms with Crippen LogP contribution in [0.4, 0.5) is 0 Å². The average Bonchev–Trinajstić information content (AvgIpc) is 3.19. The van der Waals surface area contributed by atoms with Gasteiger partial charge in [0.15, 0.2) is 0 Å². The Bertz CT molecular complexity index is 2920. The fraction of sp³-hybridized carbons (Fsp3) is 0. The van der Waals surface area contributed by atoms with Gasteiger partial charge in [0.25, 0.3) is 0 Å². The largest absolute Gasteiger partial charge is 0.248 e. The number of hydrogen-bond donors (Lipinski definition) is 0. The molecule has 10 rings (SSSR count). The van der Waals surface area contributed by atoms with Gasteiger partial charge in [-0.1, -0.05) is 140 Å². The standard InChI is InChI=1S/C48H30N2/c1-2-11-35-27-38(22-17-31(35)9-1)48-30-43(32-18-20-34(21-19-32)46-25-23-33-10-4-8-16-45(33)49-46)44-29-37(24-26-47(44)50-48)42-28-36-12-3-5-13-39(36)40-14-6-7-15-41(40)42/h1-30H. The minimum absolute atomic E-state index is 0.961. The highest BCUT2D eigenvalue weighted by atomic mass is 14.7. The van der Waals surface area contributed by atoms with Crippen LogP contribution in [0, 0.1) is 0 Å². The lowest BCUT2D eigenvalue weighted by molar-refractivity contribution is 1.39. The Morgan fingerprint density at radius 3 is 1.72 bits per heavy atom. The number of benzene rings is 8. The number of rotatable bonds is 4. The van der Waals surface area contributed by atoms with E-state index in [9.17, 15) is 0 Å². The van der Waals surface area contributed by atoms with Gasteiger partial charge in [-0.05, 0) is 97.0 Å². The molecule has 0 fully saturated rings. The van der Waals surface area contributed by atoms with Gasteiger partial charge < -0.3 is 0 Å². The normalized spacial score (nSPS) is 11.6. The van der Waals surface area contributed by atoms with Crippen molar-refractivity contribution in [3.05, 3.63) is 182 Å². The molecule has 0 saturated heterocycles. The maximum Gasteiger partial charge on any atom is 0.0716 e. The summed E-state index contributed by atoms with van der Waals surface area (Å²) >= 11 is 0. The van der Waals surface area contributed by atoms with Crippen LogP contribution in [0.15, 0.2) is 182 Å². The fourth-order valence-electron chi connectivity index (χ4n) is 7.47. The smallest absolute Gasteiger partial charge is 0.0716 e. The number of aromatic nitrogens is 2. The van der Waals surface area contributed by atoms with Gasteiger partial charge in [0.05, 0.1) is 22.4 Å². The number of pyridine rings is 2. The van der Waals surface area contributed by atoms with E-state index in [1.165, 1.54) is 43.4 Å². The van der Waals surface area contributed by atoms with Crippen molar-refractivity contribution in [2.75, 3.05) is 0 Å². The molecular weight excluding hydrogens is 605 g/mol. The summed E-state index contributed by atoms with van der Waals surface area (Å²) < 4.78 is 0. The van der Waals surface area contributed by atoms with E-state index < -0.39 is 0 Å². The Hall–Kier alpha value is -6.64. The number of fused-ring (bicyclic) bond motifs is 6. The first kappa shape index (κ1) is 28.4. The molecule has 0 saturated carbocycles. The third-order valence-electron chi connectivity index (χ3n) is 10.0. The predicted molar refractivity (Wildman–Crippen MR) is 211 cm³/mol. The summed E-state index contributed by atoms with van der Waals surface area (Å²) in [5.74, 6) is 0. The summed E-state index contributed by atoms with van der Waals surface area (Å²) in [5.41, 5.74) is 10.8. The molecule has 0 aliphatic rings. The van der Waals surface area contributed by atoms with Crippen molar-refractivity contribution in [3.8, 4) is 44.8 Å². The molecule has 2 aromatic heterocycles.